The number of hydrogen-bond acceptors (Lipinski definition) is 5. The Balaban J connectivity index is 2.25. The van der Waals surface area contributed by atoms with Crippen molar-refractivity contribution in [1.82, 2.24) is 4.72 Å². The number of sulfonamides is 1. The van der Waals surface area contributed by atoms with Gasteiger partial charge in [0.25, 0.3) is 0 Å². The van der Waals surface area contributed by atoms with Crippen LogP contribution in [0.5, 0.6) is 11.5 Å². The monoisotopic (exact) mass is 351 g/mol. The Morgan fingerprint density at radius 1 is 1.08 bits per heavy atom. The Bertz CT molecular complexity index is 830. The molecule has 24 heavy (non-hydrogen) atoms. The van der Waals surface area contributed by atoms with E-state index >= 15 is 0 Å². The molecule has 7 nitrogen and oxygen atoms in total. The third-order valence-electron chi connectivity index (χ3n) is 3.33. The molecule has 0 atom stereocenters. The summed E-state index contributed by atoms with van der Waals surface area (Å²) in [6.45, 7) is 0.0484. The maximum atomic E-state index is 12.5. The molecular weight excluding hydrogens is 334 g/mol. The van der Waals surface area contributed by atoms with E-state index in [4.69, 9.17) is 14.6 Å². The van der Waals surface area contributed by atoms with Crippen LogP contribution in [0.2, 0.25) is 0 Å². The van der Waals surface area contributed by atoms with Crippen LogP contribution in [0.15, 0.2) is 47.4 Å². The second-order valence-electron chi connectivity index (χ2n) is 4.84. The molecule has 0 aromatic heterocycles. The van der Waals surface area contributed by atoms with Crippen LogP contribution in [-0.2, 0) is 16.6 Å². The van der Waals surface area contributed by atoms with Crippen LogP contribution >= 0.6 is 0 Å². The molecule has 0 aliphatic heterocycles. The molecule has 0 aliphatic carbocycles. The Hall–Kier alpha value is -2.58. The number of benzene rings is 2. The standard InChI is InChI=1S/C16H17NO6S/c1-22-13-6-3-11(4-7-13)10-17-24(20,21)15-9-12(16(18)19)5-8-14(15)23-2/h3-9,17H,10H2,1-2H3,(H,18,19). The van der Waals surface area contributed by atoms with E-state index in [0.717, 1.165) is 11.6 Å². The zero-order valence-corrected chi connectivity index (χ0v) is 14.0. The number of rotatable bonds is 7. The van der Waals surface area contributed by atoms with Gasteiger partial charge < -0.3 is 14.6 Å². The summed E-state index contributed by atoms with van der Waals surface area (Å²) in [6, 6.07) is 10.6. The minimum atomic E-state index is -3.94. The van der Waals surface area contributed by atoms with Gasteiger partial charge in [0, 0.05) is 6.54 Å². The van der Waals surface area contributed by atoms with Gasteiger partial charge in [-0.2, -0.15) is 0 Å². The lowest BCUT2D eigenvalue weighted by Crippen LogP contribution is -2.24. The Labute approximate surface area is 139 Å². The first-order valence-corrected chi connectivity index (χ1v) is 8.39. The van der Waals surface area contributed by atoms with Crippen LogP contribution in [0.4, 0.5) is 0 Å². The molecule has 8 heteroatoms. The van der Waals surface area contributed by atoms with Crippen LogP contribution in [0.25, 0.3) is 0 Å². The first kappa shape index (κ1) is 17.8. The van der Waals surface area contributed by atoms with Crippen molar-refractivity contribution < 1.29 is 27.8 Å². The fraction of sp³-hybridized carbons (Fsp3) is 0.188. The Morgan fingerprint density at radius 3 is 2.29 bits per heavy atom. The Morgan fingerprint density at radius 2 is 1.75 bits per heavy atom. The minimum Gasteiger partial charge on any atom is -0.497 e. The van der Waals surface area contributed by atoms with E-state index in [2.05, 4.69) is 4.72 Å². The Kier molecular flexibility index (Phi) is 5.42. The molecule has 2 aromatic rings. The third kappa shape index (κ3) is 4.03. The SMILES string of the molecule is COc1ccc(CNS(=O)(=O)c2cc(C(=O)O)ccc2OC)cc1. The number of carbonyl (C=O) groups is 1. The first-order chi connectivity index (χ1) is 11.4. The summed E-state index contributed by atoms with van der Waals surface area (Å²) >= 11 is 0. The van der Waals surface area contributed by atoms with Gasteiger partial charge in [0.15, 0.2) is 0 Å². The van der Waals surface area contributed by atoms with Crippen molar-refractivity contribution >= 4 is 16.0 Å². The highest BCUT2D eigenvalue weighted by Gasteiger charge is 2.21. The summed E-state index contributed by atoms with van der Waals surface area (Å²) in [5, 5.41) is 9.03. The molecule has 0 heterocycles. The maximum absolute atomic E-state index is 12.5. The summed E-state index contributed by atoms with van der Waals surface area (Å²) in [5.74, 6) is -0.482. The highest BCUT2D eigenvalue weighted by molar-refractivity contribution is 7.89. The van der Waals surface area contributed by atoms with Gasteiger partial charge in [-0.15, -0.1) is 0 Å². The lowest BCUT2D eigenvalue weighted by atomic mass is 10.2. The molecule has 128 valence electrons. The molecule has 0 saturated carbocycles. The molecule has 0 spiro atoms. The highest BCUT2D eigenvalue weighted by atomic mass is 32.2. The second kappa shape index (κ2) is 7.33. The van der Waals surface area contributed by atoms with Gasteiger partial charge in [-0.3, -0.25) is 0 Å². The smallest absolute Gasteiger partial charge is 0.335 e. The van der Waals surface area contributed by atoms with Crippen molar-refractivity contribution in [2.75, 3.05) is 14.2 Å². The number of ether oxygens (including phenoxy) is 2. The second-order valence-corrected chi connectivity index (χ2v) is 6.58. The van der Waals surface area contributed by atoms with Gasteiger partial charge >= 0.3 is 5.97 Å². The molecule has 0 bridgehead atoms. The van der Waals surface area contributed by atoms with Crippen molar-refractivity contribution in [2.45, 2.75) is 11.4 Å². The fourth-order valence-corrected chi connectivity index (χ4v) is 3.23. The quantitative estimate of drug-likeness (QED) is 0.790. The van der Waals surface area contributed by atoms with Crippen LogP contribution in [0.3, 0.4) is 0 Å². The summed E-state index contributed by atoms with van der Waals surface area (Å²) in [6.07, 6.45) is 0. The predicted octanol–water partition coefficient (Wildman–Crippen LogP) is 1.88. The van der Waals surface area contributed by atoms with Gasteiger partial charge in [-0.1, -0.05) is 12.1 Å². The van der Waals surface area contributed by atoms with Crippen LogP contribution in [-0.4, -0.2) is 33.7 Å². The molecule has 0 saturated heterocycles. The van der Waals surface area contributed by atoms with E-state index in [-0.39, 0.29) is 22.8 Å². The maximum Gasteiger partial charge on any atom is 0.335 e. The normalized spacial score (nSPS) is 11.1. The van der Waals surface area contributed by atoms with Crippen molar-refractivity contribution in [2.24, 2.45) is 0 Å². The molecule has 0 amide bonds. The average molecular weight is 351 g/mol. The van der Waals surface area contributed by atoms with Gasteiger partial charge in [0.05, 0.1) is 19.8 Å². The topological polar surface area (TPSA) is 102 Å². The van der Waals surface area contributed by atoms with Crippen LogP contribution in [0, 0.1) is 0 Å². The van der Waals surface area contributed by atoms with E-state index < -0.39 is 16.0 Å². The number of hydrogen-bond donors (Lipinski definition) is 2. The summed E-state index contributed by atoms with van der Waals surface area (Å²) in [4.78, 5) is 10.8. The van der Waals surface area contributed by atoms with E-state index in [1.165, 1.54) is 19.2 Å². The molecule has 0 radical (unpaired) electrons. The molecule has 2 N–H and O–H groups in total. The van der Waals surface area contributed by atoms with Crippen LogP contribution in [0.1, 0.15) is 15.9 Å². The van der Waals surface area contributed by atoms with Crippen molar-refractivity contribution in [3.8, 4) is 11.5 Å². The summed E-state index contributed by atoms with van der Waals surface area (Å²) < 4.78 is 37.4. The molecular formula is C16H17NO6S. The molecule has 2 rings (SSSR count). The van der Waals surface area contributed by atoms with Crippen molar-refractivity contribution in [3.05, 3.63) is 53.6 Å². The highest BCUT2D eigenvalue weighted by Crippen LogP contribution is 2.25. The zero-order chi connectivity index (χ0) is 17.7. The number of carboxylic acid groups (broad SMARTS) is 1. The number of nitrogens with one attached hydrogen (secondary N) is 1. The molecule has 0 fully saturated rings. The van der Waals surface area contributed by atoms with Crippen molar-refractivity contribution in [1.29, 1.82) is 0 Å². The van der Waals surface area contributed by atoms with E-state index in [1.807, 2.05) is 0 Å². The summed E-state index contributed by atoms with van der Waals surface area (Å²) in [5.41, 5.74) is 0.591. The number of carboxylic acids is 1. The lowest BCUT2D eigenvalue weighted by molar-refractivity contribution is 0.0696. The predicted molar refractivity (Wildman–Crippen MR) is 87.0 cm³/mol. The first-order valence-electron chi connectivity index (χ1n) is 6.91. The fourth-order valence-electron chi connectivity index (χ4n) is 2.02. The van der Waals surface area contributed by atoms with E-state index in [1.54, 1.807) is 31.4 Å². The molecule has 2 aromatic carbocycles. The molecule has 0 unspecified atom stereocenters. The average Bonchev–Trinajstić information content (AvgIpc) is 2.59. The summed E-state index contributed by atoms with van der Waals surface area (Å²) in [7, 11) is -1.08. The van der Waals surface area contributed by atoms with Gasteiger partial charge in [0.2, 0.25) is 10.0 Å². The lowest BCUT2D eigenvalue weighted by Gasteiger charge is -2.12. The van der Waals surface area contributed by atoms with Gasteiger partial charge in [-0.05, 0) is 35.9 Å². The van der Waals surface area contributed by atoms with Gasteiger partial charge in [-0.25, -0.2) is 17.9 Å². The van der Waals surface area contributed by atoms with E-state index in [9.17, 15) is 13.2 Å². The van der Waals surface area contributed by atoms with E-state index in [0.29, 0.717) is 5.75 Å². The number of methoxy groups -OCH3 is 2. The number of aromatic carboxylic acids is 1. The molecule has 0 aliphatic rings. The largest absolute Gasteiger partial charge is 0.497 e. The van der Waals surface area contributed by atoms with Crippen molar-refractivity contribution in [3.63, 3.8) is 0 Å². The minimum absolute atomic E-state index is 0.0484. The van der Waals surface area contributed by atoms with Gasteiger partial charge in [0.1, 0.15) is 16.4 Å². The zero-order valence-electron chi connectivity index (χ0n) is 13.1. The third-order valence-corrected chi connectivity index (χ3v) is 4.75. The van der Waals surface area contributed by atoms with Crippen LogP contribution < -0.4 is 14.2 Å².